The van der Waals surface area contributed by atoms with Crippen LogP contribution in [0.4, 0.5) is 9.59 Å². The van der Waals surface area contributed by atoms with Crippen LogP contribution in [0.25, 0.3) is 0 Å². The molecule has 3 fully saturated rings. The second-order valence-electron chi connectivity index (χ2n) is 10.5. The molecule has 0 heterocycles. The van der Waals surface area contributed by atoms with E-state index in [0.29, 0.717) is 18.6 Å². The summed E-state index contributed by atoms with van der Waals surface area (Å²) in [6, 6.07) is -1.72. The summed E-state index contributed by atoms with van der Waals surface area (Å²) in [5.41, 5.74) is 12.5. The molecule has 0 aliphatic heterocycles. The number of fused-ring (bicyclic) bond motifs is 5. The Morgan fingerprint density at radius 1 is 1.20 bits per heavy atom. The Morgan fingerprint density at radius 3 is 2.51 bits per heavy atom. The van der Waals surface area contributed by atoms with Gasteiger partial charge in [0.2, 0.25) is 0 Å². The first-order chi connectivity index (χ1) is 16.4. The normalized spacial score (nSPS) is 43.6. The number of aliphatic hydroxyl groups is 4. The zero-order valence-electron chi connectivity index (χ0n) is 19.8. The Morgan fingerprint density at radius 2 is 1.89 bits per heavy atom. The van der Waals surface area contributed by atoms with Crippen molar-refractivity contribution in [3.8, 4) is 0 Å². The van der Waals surface area contributed by atoms with E-state index in [-0.39, 0.29) is 36.3 Å². The van der Waals surface area contributed by atoms with Crippen molar-refractivity contribution in [2.45, 2.75) is 57.3 Å². The molecule has 10 N–H and O–H groups in total. The number of hydrogen-bond acceptors (Lipinski definition) is 8. The second-order valence-corrected chi connectivity index (χ2v) is 10.5. The standard InChI is InChI=1S/C23H34N6O6/c1-21-6-5-12(26-28-19(24)33)7-11(21)3-4-13-14-8-17(32)23(35,16(10-30)27-29-20(25)34)22(14,2)9-15(31)18(13)21/h5-7,13-15,17-18,30-32,35H,3-4,8-10H2,1-2H3,(H3,24,28,33)(H3,25,29,34)/b26-12+,27-16+/t13-,14-,15?,17+,18+,21-,22-,23+/m0/s1. The van der Waals surface area contributed by atoms with Crippen molar-refractivity contribution in [1.82, 2.24) is 10.9 Å². The van der Waals surface area contributed by atoms with E-state index in [0.717, 1.165) is 5.57 Å². The van der Waals surface area contributed by atoms with Crippen LogP contribution < -0.4 is 22.3 Å². The zero-order chi connectivity index (χ0) is 25.8. The molecule has 3 saturated carbocycles. The van der Waals surface area contributed by atoms with Crippen LogP contribution in [-0.2, 0) is 0 Å². The number of hydrazone groups is 2. The number of amides is 4. The highest BCUT2D eigenvalue weighted by Crippen LogP contribution is 2.67. The summed E-state index contributed by atoms with van der Waals surface area (Å²) in [5.74, 6) is -0.402. The lowest BCUT2D eigenvalue weighted by atomic mass is 9.46. The molecule has 12 nitrogen and oxygen atoms in total. The molecule has 0 aromatic heterocycles. The van der Waals surface area contributed by atoms with E-state index >= 15 is 0 Å². The second kappa shape index (κ2) is 8.70. The van der Waals surface area contributed by atoms with Gasteiger partial charge in [0, 0.05) is 16.7 Å². The smallest absolute Gasteiger partial charge is 0.332 e. The molecule has 0 radical (unpaired) electrons. The minimum absolute atomic E-state index is 0.0366. The van der Waals surface area contributed by atoms with Crippen molar-refractivity contribution in [2.75, 3.05) is 6.61 Å². The highest BCUT2D eigenvalue weighted by Gasteiger charge is 2.70. The maximum absolute atomic E-state index is 11.8. The van der Waals surface area contributed by atoms with E-state index in [9.17, 15) is 30.0 Å². The lowest BCUT2D eigenvalue weighted by molar-refractivity contribution is -0.153. The van der Waals surface area contributed by atoms with Crippen molar-refractivity contribution in [2.24, 2.45) is 50.3 Å². The Balaban J connectivity index is 1.69. The van der Waals surface area contributed by atoms with Gasteiger partial charge in [-0.3, -0.25) is 0 Å². The van der Waals surface area contributed by atoms with Crippen molar-refractivity contribution < 1.29 is 30.0 Å². The molecule has 12 heteroatoms. The Kier molecular flexibility index (Phi) is 6.29. The van der Waals surface area contributed by atoms with Gasteiger partial charge in [-0.15, -0.1) is 0 Å². The predicted octanol–water partition coefficient (Wildman–Crippen LogP) is -0.561. The molecule has 8 atom stereocenters. The Labute approximate surface area is 202 Å². The lowest BCUT2D eigenvalue weighted by Gasteiger charge is -2.59. The van der Waals surface area contributed by atoms with Crippen molar-refractivity contribution in [3.05, 3.63) is 23.8 Å². The average Bonchev–Trinajstić information content (AvgIpc) is 2.98. The van der Waals surface area contributed by atoms with Crippen molar-refractivity contribution in [3.63, 3.8) is 0 Å². The van der Waals surface area contributed by atoms with Crippen LogP contribution in [0.15, 0.2) is 34.0 Å². The van der Waals surface area contributed by atoms with Gasteiger partial charge < -0.3 is 31.9 Å². The van der Waals surface area contributed by atoms with Crippen LogP contribution >= 0.6 is 0 Å². The highest BCUT2D eigenvalue weighted by molar-refractivity contribution is 6.06. The molecule has 0 bridgehead atoms. The maximum Gasteiger partial charge on any atom is 0.332 e. The van der Waals surface area contributed by atoms with Crippen LogP contribution in [-0.4, -0.2) is 68.3 Å². The van der Waals surface area contributed by atoms with Gasteiger partial charge in [0.05, 0.1) is 30.2 Å². The van der Waals surface area contributed by atoms with E-state index in [4.69, 9.17) is 11.5 Å². The summed E-state index contributed by atoms with van der Waals surface area (Å²) < 4.78 is 0. The van der Waals surface area contributed by atoms with Crippen molar-refractivity contribution >= 4 is 23.5 Å². The lowest BCUT2D eigenvalue weighted by Crippen LogP contribution is -2.64. The molecule has 1 unspecified atom stereocenters. The average molecular weight is 491 g/mol. The molecular formula is C23H34N6O6. The third kappa shape index (κ3) is 3.75. The van der Waals surface area contributed by atoms with E-state index in [1.54, 1.807) is 13.0 Å². The van der Waals surface area contributed by atoms with E-state index in [2.05, 4.69) is 22.6 Å². The summed E-state index contributed by atoms with van der Waals surface area (Å²) in [6.07, 6.45) is 5.41. The van der Waals surface area contributed by atoms with Crippen LogP contribution in [0.2, 0.25) is 0 Å². The number of hydrogen-bond donors (Lipinski definition) is 8. The predicted molar refractivity (Wildman–Crippen MR) is 127 cm³/mol. The molecule has 4 rings (SSSR count). The Bertz CT molecular complexity index is 1040. The van der Waals surface area contributed by atoms with Gasteiger partial charge in [0.25, 0.3) is 0 Å². The summed E-state index contributed by atoms with van der Waals surface area (Å²) in [7, 11) is 0. The largest absolute Gasteiger partial charge is 0.393 e. The van der Waals surface area contributed by atoms with Gasteiger partial charge in [-0.25, -0.2) is 20.4 Å². The van der Waals surface area contributed by atoms with E-state index in [1.807, 2.05) is 17.6 Å². The molecule has 4 aliphatic carbocycles. The molecule has 35 heavy (non-hydrogen) atoms. The molecule has 4 amide bonds. The first-order valence-corrected chi connectivity index (χ1v) is 11.7. The summed E-state index contributed by atoms with van der Waals surface area (Å²) in [4.78, 5) is 22.2. The number of urea groups is 2. The third-order valence-corrected chi connectivity index (χ3v) is 8.91. The number of carbonyl (C=O) groups is 2. The van der Waals surface area contributed by atoms with E-state index < -0.39 is 47.3 Å². The number of nitrogens with two attached hydrogens (primary N) is 2. The number of carbonyl (C=O) groups excluding carboxylic acids is 2. The van der Waals surface area contributed by atoms with Gasteiger partial charge in [0.1, 0.15) is 5.60 Å². The SMILES string of the molecule is C[C@]12C=C/C(=N\NC(N)=O)C=C1CC[C@@H]1[C@@H]2C(O)C[C@@]2(C)[C@H]1C[C@@H](O)[C@]2(O)/C(CO)=N/NC(N)=O. The number of nitrogens with zero attached hydrogens (tertiary/aromatic N) is 2. The van der Waals surface area contributed by atoms with Crippen LogP contribution in [0.5, 0.6) is 0 Å². The van der Waals surface area contributed by atoms with Gasteiger partial charge in [-0.1, -0.05) is 25.5 Å². The fourth-order valence-corrected chi connectivity index (χ4v) is 7.42. The van der Waals surface area contributed by atoms with Gasteiger partial charge >= 0.3 is 12.1 Å². The monoisotopic (exact) mass is 490 g/mol. The van der Waals surface area contributed by atoms with Crippen LogP contribution in [0, 0.1) is 28.6 Å². The minimum atomic E-state index is -1.96. The fraction of sp³-hybridized carbons (Fsp3) is 0.652. The molecule has 192 valence electrons. The number of rotatable bonds is 4. The number of primary amides is 2. The highest BCUT2D eigenvalue weighted by atomic mass is 16.3. The fourth-order valence-electron chi connectivity index (χ4n) is 7.42. The summed E-state index contributed by atoms with van der Waals surface area (Å²) in [6.45, 7) is 3.16. The van der Waals surface area contributed by atoms with E-state index in [1.165, 1.54) is 0 Å². The quantitative estimate of drug-likeness (QED) is 0.191. The van der Waals surface area contributed by atoms with Crippen molar-refractivity contribution in [1.29, 1.82) is 0 Å². The maximum atomic E-state index is 11.8. The third-order valence-electron chi connectivity index (χ3n) is 8.91. The molecule has 0 saturated heterocycles. The molecule has 0 spiro atoms. The van der Waals surface area contributed by atoms with Crippen LogP contribution in [0.1, 0.15) is 39.5 Å². The first kappa shape index (κ1) is 25.3. The number of allylic oxidation sites excluding steroid dienone is 4. The molecule has 0 aromatic carbocycles. The van der Waals surface area contributed by atoms with Gasteiger partial charge in [-0.05, 0) is 49.7 Å². The zero-order valence-corrected chi connectivity index (χ0v) is 19.8. The van der Waals surface area contributed by atoms with Crippen LogP contribution in [0.3, 0.4) is 0 Å². The Hall–Kier alpha value is -2.80. The first-order valence-electron chi connectivity index (χ1n) is 11.7. The summed E-state index contributed by atoms with van der Waals surface area (Å²) in [5, 5.41) is 52.2. The molecule has 4 aliphatic rings. The van der Waals surface area contributed by atoms with Gasteiger partial charge in [0.15, 0.2) is 0 Å². The number of aliphatic hydroxyl groups excluding tert-OH is 3. The topological polar surface area (TPSA) is 216 Å². The van der Waals surface area contributed by atoms with Gasteiger partial charge in [-0.2, -0.15) is 10.2 Å². The molecule has 0 aromatic rings. The summed E-state index contributed by atoms with van der Waals surface area (Å²) >= 11 is 0. The molecular weight excluding hydrogens is 456 g/mol. The number of nitrogens with one attached hydrogen (secondary N) is 2. The minimum Gasteiger partial charge on any atom is -0.393 e.